The third-order valence-electron chi connectivity index (χ3n) is 8.88. The Labute approximate surface area is 271 Å². The van der Waals surface area contributed by atoms with E-state index < -0.39 is 6.29 Å². The summed E-state index contributed by atoms with van der Waals surface area (Å²) in [5.41, 5.74) is 15.9. The number of rotatable bonds is 7. The van der Waals surface area contributed by atoms with Crippen LogP contribution in [0.2, 0.25) is 0 Å². The minimum atomic E-state index is -0.486. The second-order valence-electron chi connectivity index (χ2n) is 11.7. The summed E-state index contributed by atoms with van der Waals surface area (Å²) in [6.07, 6.45) is 2.81. The van der Waals surface area contributed by atoms with Crippen LogP contribution in [0, 0.1) is 0 Å². The number of nitrogens with two attached hydrogens (primary N) is 1. The average Bonchev–Trinajstić information content (AvgIpc) is 3.87. The fraction of sp³-hybridized carbons (Fsp3) is 0.189. The number of ether oxygens (including phenoxy) is 2. The summed E-state index contributed by atoms with van der Waals surface area (Å²) in [4.78, 5) is 27.9. The number of carbonyl (C=O) groups is 1. The molecule has 1 saturated heterocycles. The van der Waals surface area contributed by atoms with Gasteiger partial charge in [0.05, 0.1) is 30.5 Å². The third kappa shape index (κ3) is 5.27. The zero-order valence-electron chi connectivity index (χ0n) is 25.8. The molecule has 1 fully saturated rings. The lowest BCUT2D eigenvalue weighted by Crippen LogP contribution is -2.27. The highest BCUT2D eigenvalue weighted by Gasteiger charge is 2.28. The Morgan fingerprint density at radius 2 is 1.77 bits per heavy atom. The van der Waals surface area contributed by atoms with Crippen LogP contribution in [-0.2, 0) is 15.9 Å². The molecule has 1 aliphatic carbocycles. The number of carbonyl (C=O) groups excluding carboxylic acids is 1. The number of aromatic nitrogens is 4. The molecule has 3 aromatic carbocycles. The lowest BCUT2D eigenvalue weighted by molar-refractivity contribution is -0.0436. The van der Waals surface area contributed by atoms with Gasteiger partial charge in [0.15, 0.2) is 17.8 Å². The van der Waals surface area contributed by atoms with Gasteiger partial charge in [0.1, 0.15) is 11.3 Å². The van der Waals surface area contributed by atoms with Gasteiger partial charge in [-0.15, -0.1) is 0 Å². The maximum Gasteiger partial charge on any atom is 0.251 e. The van der Waals surface area contributed by atoms with Gasteiger partial charge < -0.3 is 25.8 Å². The molecule has 2 aliphatic rings. The van der Waals surface area contributed by atoms with Crippen LogP contribution in [0.15, 0.2) is 97.2 Å². The van der Waals surface area contributed by atoms with Crippen molar-refractivity contribution in [2.75, 3.05) is 31.3 Å². The molecule has 3 aromatic heterocycles. The topological polar surface area (TPSA) is 129 Å². The monoisotopic (exact) mass is 623 g/mol. The molecule has 0 spiro atoms. The summed E-state index contributed by atoms with van der Waals surface area (Å²) in [5, 5.41) is 6.43. The summed E-state index contributed by atoms with van der Waals surface area (Å²) < 4.78 is 13.5. The number of hydrogen-bond donors (Lipinski definition) is 3. The number of nitrogens with zero attached hydrogens (tertiary/aromatic N) is 4. The number of imidazole rings is 1. The first-order valence-electron chi connectivity index (χ1n) is 15.7. The standard InChI is InChI=1S/C37H33N7O3/c1-39-30-13-10-24(21-28(30)37-46-18-19-47-37)36(45)43-31-14-9-23-20-25(11-12-26(23)31)44-34(27-8-5-17-40-33(27)38)42-32-16-15-29(41-35(32)44)22-6-3-2-4-7-22/h2-8,10-13,15-17,20-21,31,37,39H,9,14,18-19H2,1H3,(H2,38,40)(H,43,45). The quantitative estimate of drug-likeness (QED) is 0.191. The molecule has 1 amide bonds. The zero-order valence-corrected chi connectivity index (χ0v) is 25.8. The summed E-state index contributed by atoms with van der Waals surface area (Å²) in [7, 11) is 1.84. The van der Waals surface area contributed by atoms with Crippen molar-refractivity contribution in [3.8, 4) is 28.3 Å². The van der Waals surface area contributed by atoms with E-state index in [1.54, 1.807) is 6.20 Å². The molecule has 4 heterocycles. The Bertz CT molecular complexity index is 2120. The van der Waals surface area contributed by atoms with E-state index in [1.807, 2.05) is 79.8 Å². The van der Waals surface area contributed by atoms with Crippen LogP contribution in [0.5, 0.6) is 0 Å². The number of amides is 1. The van der Waals surface area contributed by atoms with Crippen molar-refractivity contribution in [2.24, 2.45) is 0 Å². The van der Waals surface area contributed by atoms with E-state index in [0.717, 1.165) is 68.9 Å². The van der Waals surface area contributed by atoms with Crippen molar-refractivity contribution >= 4 is 28.6 Å². The number of hydrogen-bond acceptors (Lipinski definition) is 8. The minimum absolute atomic E-state index is 0.117. The fourth-order valence-corrected chi connectivity index (χ4v) is 6.56. The van der Waals surface area contributed by atoms with Crippen molar-refractivity contribution in [1.29, 1.82) is 0 Å². The van der Waals surface area contributed by atoms with Crippen LogP contribution in [0.3, 0.4) is 0 Å². The maximum absolute atomic E-state index is 13.5. The highest BCUT2D eigenvalue weighted by molar-refractivity contribution is 5.95. The number of aryl methyl sites for hydroxylation is 1. The number of anilines is 2. The second kappa shape index (κ2) is 12.0. The van der Waals surface area contributed by atoms with Crippen LogP contribution in [-0.4, -0.2) is 45.7 Å². The molecule has 10 nitrogen and oxygen atoms in total. The smallest absolute Gasteiger partial charge is 0.251 e. The molecule has 0 saturated carbocycles. The summed E-state index contributed by atoms with van der Waals surface area (Å²) in [5.74, 6) is 0.928. The average molecular weight is 624 g/mol. The van der Waals surface area contributed by atoms with E-state index in [9.17, 15) is 4.79 Å². The van der Waals surface area contributed by atoms with Crippen LogP contribution in [0.4, 0.5) is 11.5 Å². The van der Waals surface area contributed by atoms with Crippen molar-refractivity contribution in [2.45, 2.75) is 25.2 Å². The predicted molar refractivity (Wildman–Crippen MR) is 181 cm³/mol. The van der Waals surface area contributed by atoms with Crippen molar-refractivity contribution < 1.29 is 14.3 Å². The molecule has 0 radical (unpaired) electrons. The van der Waals surface area contributed by atoms with Crippen molar-refractivity contribution in [3.63, 3.8) is 0 Å². The Kier molecular flexibility index (Phi) is 7.35. The molecular weight excluding hydrogens is 590 g/mol. The largest absolute Gasteiger partial charge is 0.388 e. The van der Waals surface area contributed by atoms with Gasteiger partial charge >= 0.3 is 0 Å². The van der Waals surface area contributed by atoms with E-state index in [2.05, 4.69) is 38.4 Å². The zero-order chi connectivity index (χ0) is 31.9. The molecule has 1 aliphatic heterocycles. The van der Waals surface area contributed by atoms with Crippen molar-refractivity contribution in [3.05, 3.63) is 119 Å². The highest BCUT2D eigenvalue weighted by Crippen LogP contribution is 2.37. The minimum Gasteiger partial charge on any atom is -0.388 e. The Morgan fingerprint density at radius 3 is 2.57 bits per heavy atom. The molecule has 47 heavy (non-hydrogen) atoms. The number of nitrogen functional groups attached to an aromatic ring is 1. The van der Waals surface area contributed by atoms with Gasteiger partial charge in [-0.2, -0.15) is 0 Å². The summed E-state index contributed by atoms with van der Waals surface area (Å²) >= 11 is 0. The van der Waals surface area contributed by atoms with Gasteiger partial charge in [-0.05, 0) is 78.6 Å². The first-order chi connectivity index (χ1) is 23.1. The normalized spacial score (nSPS) is 16.0. The van der Waals surface area contributed by atoms with Crippen LogP contribution in [0.1, 0.15) is 45.8 Å². The molecule has 0 bridgehead atoms. The van der Waals surface area contributed by atoms with Gasteiger partial charge in [-0.3, -0.25) is 9.36 Å². The number of nitrogens with one attached hydrogen (secondary N) is 2. The number of fused-ring (bicyclic) bond motifs is 2. The molecule has 4 N–H and O–H groups in total. The van der Waals surface area contributed by atoms with Crippen LogP contribution < -0.4 is 16.4 Å². The van der Waals surface area contributed by atoms with E-state index >= 15 is 0 Å². The molecule has 1 atom stereocenters. The lowest BCUT2D eigenvalue weighted by Gasteiger charge is -2.18. The number of pyridine rings is 2. The van der Waals surface area contributed by atoms with Crippen molar-refractivity contribution in [1.82, 2.24) is 24.8 Å². The summed E-state index contributed by atoms with van der Waals surface area (Å²) in [6, 6.07) is 29.6. The van der Waals surface area contributed by atoms with Gasteiger partial charge in [-0.25, -0.2) is 15.0 Å². The van der Waals surface area contributed by atoms with Crippen LogP contribution in [0.25, 0.3) is 39.5 Å². The first-order valence-corrected chi connectivity index (χ1v) is 15.7. The molecule has 234 valence electrons. The third-order valence-corrected chi connectivity index (χ3v) is 8.88. The molecule has 10 heteroatoms. The van der Waals surface area contributed by atoms with E-state index in [0.29, 0.717) is 30.4 Å². The molecule has 8 rings (SSSR count). The molecule has 1 unspecified atom stereocenters. The van der Waals surface area contributed by atoms with Gasteiger partial charge in [-0.1, -0.05) is 36.4 Å². The van der Waals surface area contributed by atoms with Gasteiger partial charge in [0.25, 0.3) is 5.91 Å². The van der Waals surface area contributed by atoms with E-state index in [-0.39, 0.29) is 11.9 Å². The van der Waals surface area contributed by atoms with E-state index in [1.165, 1.54) is 0 Å². The maximum atomic E-state index is 13.5. The SMILES string of the molecule is CNc1ccc(C(=O)NC2CCc3cc(-n4c(-c5cccnc5N)nc5ccc(-c6ccccc6)nc54)ccc32)cc1C1OCCO1. The van der Waals surface area contributed by atoms with Crippen LogP contribution >= 0.6 is 0 Å². The van der Waals surface area contributed by atoms with Gasteiger partial charge in [0, 0.05) is 41.3 Å². The van der Waals surface area contributed by atoms with E-state index in [4.69, 9.17) is 25.2 Å². The summed E-state index contributed by atoms with van der Waals surface area (Å²) in [6.45, 7) is 1.06. The number of benzene rings is 3. The molecular formula is C37H33N7O3. The predicted octanol–water partition coefficient (Wildman–Crippen LogP) is 6.24. The highest BCUT2D eigenvalue weighted by atomic mass is 16.7. The Hall–Kier alpha value is -5.58. The second-order valence-corrected chi connectivity index (χ2v) is 11.7. The van der Waals surface area contributed by atoms with Gasteiger partial charge in [0.2, 0.25) is 0 Å². The fourth-order valence-electron chi connectivity index (χ4n) is 6.56. The molecule has 6 aromatic rings. The Morgan fingerprint density at radius 1 is 0.915 bits per heavy atom. The Balaban J connectivity index is 1.14. The lowest BCUT2D eigenvalue weighted by atomic mass is 10.0. The first kappa shape index (κ1) is 28.9.